The summed E-state index contributed by atoms with van der Waals surface area (Å²) >= 11 is 0. The van der Waals surface area contributed by atoms with E-state index in [4.69, 9.17) is 25.9 Å². The molecule has 0 bridgehead atoms. The zero-order valence-corrected chi connectivity index (χ0v) is 17.6. The molecule has 166 valence electrons. The van der Waals surface area contributed by atoms with Crippen LogP contribution in [0.5, 0.6) is 0 Å². The molecule has 0 radical (unpaired) electrons. The van der Waals surface area contributed by atoms with E-state index in [9.17, 15) is 0 Å². The van der Waals surface area contributed by atoms with E-state index in [-0.39, 0.29) is 51.2 Å². The summed E-state index contributed by atoms with van der Waals surface area (Å²) in [7, 11) is 0. The van der Waals surface area contributed by atoms with Gasteiger partial charge in [0.2, 0.25) is 0 Å². The minimum Gasteiger partial charge on any atom is -0.658 e. The van der Waals surface area contributed by atoms with Crippen LogP contribution in [0.2, 0.25) is 0 Å². The van der Waals surface area contributed by atoms with Gasteiger partial charge in [-0.3, -0.25) is 4.99 Å². The number of amidine groups is 2. The summed E-state index contributed by atoms with van der Waals surface area (Å²) in [5.74, 6) is 1.89. The average Bonchev–Trinajstić information content (AvgIpc) is 2.70. The molecule has 0 aromatic rings. The maximum atomic E-state index is 4.94. The molecule has 4 aliphatic heterocycles. The first-order chi connectivity index (χ1) is 11.9. The molecular formula is C18H38N6NiO3+2. The van der Waals surface area contributed by atoms with Crippen molar-refractivity contribution in [2.24, 2.45) is 9.98 Å². The Labute approximate surface area is 177 Å². The maximum Gasteiger partial charge on any atom is 2.00 e. The fourth-order valence-electron chi connectivity index (χ4n) is 4.10. The Hall–Kier alpha value is -0.606. The summed E-state index contributed by atoms with van der Waals surface area (Å²) in [5.41, 5.74) is 0. The molecule has 10 heteroatoms. The van der Waals surface area contributed by atoms with Crippen LogP contribution >= 0.6 is 0 Å². The summed E-state index contributed by atoms with van der Waals surface area (Å²) < 4.78 is 0. The topological polar surface area (TPSA) is 178 Å². The second-order valence-electron chi connectivity index (χ2n) is 7.39. The molecule has 4 aliphatic rings. The molecule has 4 atom stereocenters. The zero-order chi connectivity index (χ0) is 16.2. The van der Waals surface area contributed by atoms with Crippen LogP contribution in [-0.2, 0) is 32.9 Å². The SMILES string of the molecule is C1CCC(C2=NC(C3CCCCN3)=NC(C3CCCC[N-]3)[N-]2)[N-]C1.[Ni+2].[OH3+].[OH3+].[OH3+]. The van der Waals surface area contributed by atoms with E-state index in [1.807, 2.05) is 0 Å². The average molecular weight is 445 g/mol. The number of hydrogen-bond donors (Lipinski definition) is 1. The molecule has 0 aromatic carbocycles. The van der Waals surface area contributed by atoms with Crippen LogP contribution in [0.25, 0.3) is 16.0 Å². The van der Waals surface area contributed by atoms with Crippen LogP contribution in [0, 0.1) is 0 Å². The molecule has 3 fully saturated rings. The molecule has 0 spiro atoms. The van der Waals surface area contributed by atoms with Crippen molar-refractivity contribution in [3.8, 4) is 0 Å². The van der Waals surface area contributed by atoms with Crippen LogP contribution in [0.1, 0.15) is 57.8 Å². The van der Waals surface area contributed by atoms with Crippen LogP contribution in [0.15, 0.2) is 9.98 Å². The predicted molar refractivity (Wildman–Crippen MR) is 114 cm³/mol. The van der Waals surface area contributed by atoms with Gasteiger partial charge in [-0.2, -0.15) is 0 Å². The van der Waals surface area contributed by atoms with Gasteiger partial charge in [-0.05, 0) is 19.4 Å². The van der Waals surface area contributed by atoms with Crippen LogP contribution < -0.4 is 5.32 Å². The van der Waals surface area contributed by atoms with Gasteiger partial charge >= 0.3 is 16.5 Å². The Bertz CT molecular complexity index is 490. The summed E-state index contributed by atoms with van der Waals surface area (Å²) in [6.45, 7) is 2.98. The largest absolute Gasteiger partial charge is 2.00 e. The molecule has 0 aliphatic carbocycles. The summed E-state index contributed by atoms with van der Waals surface area (Å²) in [6.07, 6.45) is 10.7. The monoisotopic (exact) mass is 444 g/mol. The smallest absolute Gasteiger partial charge is 0.658 e. The number of piperidine rings is 3. The van der Waals surface area contributed by atoms with Gasteiger partial charge in [-0.1, -0.05) is 44.9 Å². The number of nitrogens with one attached hydrogen (secondary N) is 1. The van der Waals surface area contributed by atoms with Gasteiger partial charge in [0, 0.05) is 18.0 Å². The van der Waals surface area contributed by atoms with Gasteiger partial charge in [0.05, 0.1) is 0 Å². The minimum absolute atomic E-state index is 0. The third kappa shape index (κ3) is 6.73. The second kappa shape index (κ2) is 13.6. The first kappa shape index (κ1) is 27.4. The van der Waals surface area contributed by atoms with Gasteiger partial charge in [0.1, 0.15) is 0 Å². The van der Waals surface area contributed by atoms with E-state index in [0.717, 1.165) is 50.6 Å². The predicted octanol–water partition coefficient (Wildman–Crippen LogP) is 0.723. The molecule has 9 nitrogen and oxygen atoms in total. The number of aliphatic imine (C=N–C) groups is 2. The Morgan fingerprint density at radius 1 is 0.821 bits per heavy atom. The first-order valence-electron chi connectivity index (χ1n) is 9.84. The molecule has 0 amide bonds. The van der Waals surface area contributed by atoms with Gasteiger partial charge < -0.3 is 42.7 Å². The molecule has 4 heterocycles. The van der Waals surface area contributed by atoms with Crippen LogP contribution in [0.4, 0.5) is 0 Å². The van der Waals surface area contributed by atoms with Crippen molar-refractivity contribution in [1.29, 1.82) is 0 Å². The minimum atomic E-state index is -0.0614. The number of hydrogen-bond acceptors (Lipinski definition) is 3. The van der Waals surface area contributed by atoms with Gasteiger partial charge in [0.25, 0.3) is 0 Å². The Morgan fingerprint density at radius 2 is 1.54 bits per heavy atom. The van der Waals surface area contributed by atoms with Gasteiger partial charge in [-0.15, -0.1) is 31.0 Å². The van der Waals surface area contributed by atoms with Crippen LogP contribution in [-0.4, -0.2) is 55.6 Å². The summed E-state index contributed by atoms with van der Waals surface area (Å²) in [5, 5.41) is 18.1. The van der Waals surface area contributed by atoms with Crippen LogP contribution in [0.3, 0.4) is 0 Å². The van der Waals surface area contributed by atoms with Gasteiger partial charge in [0.15, 0.2) is 0 Å². The maximum absolute atomic E-state index is 4.94. The summed E-state index contributed by atoms with van der Waals surface area (Å²) in [4.78, 5) is 9.82. The Kier molecular flexibility index (Phi) is 13.3. The van der Waals surface area contributed by atoms with Crippen molar-refractivity contribution in [2.75, 3.05) is 19.6 Å². The van der Waals surface area contributed by atoms with Crippen molar-refractivity contribution >= 4 is 11.7 Å². The van der Waals surface area contributed by atoms with E-state index in [1.165, 1.54) is 38.5 Å². The number of nitrogens with zero attached hydrogens (tertiary/aromatic N) is 5. The molecule has 0 aromatic heterocycles. The van der Waals surface area contributed by atoms with E-state index in [2.05, 4.69) is 5.32 Å². The summed E-state index contributed by atoms with van der Waals surface area (Å²) in [6, 6.07) is 0.712. The molecule has 0 saturated carbocycles. The third-order valence-electron chi connectivity index (χ3n) is 5.53. The number of rotatable bonds is 3. The van der Waals surface area contributed by atoms with Crippen molar-refractivity contribution in [1.82, 2.24) is 5.32 Å². The quantitative estimate of drug-likeness (QED) is 0.489. The molecule has 10 N–H and O–H groups in total. The van der Waals surface area contributed by atoms with Crippen molar-refractivity contribution in [3.05, 3.63) is 16.0 Å². The first-order valence-corrected chi connectivity index (χ1v) is 9.84. The molecule has 4 unspecified atom stereocenters. The third-order valence-corrected chi connectivity index (χ3v) is 5.53. The second-order valence-corrected chi connectivity index (χ2v) is 7.39. The van der Waals surface area contributed by atoms with E-state index < -0.39 is 0 Å². The van der Waals surface area contributed by atoms with Crippen molar-refractivity contribution < 1.29 is 32.9 Å². The molecule has 3 saturated heterocycles. The van der Waals surface area contributed by atoms with E-state index >= 15 is 0 Å². The Balaban J connectivity index is 0.00000182. The Morgan fingerprint density at radius 3 is 2.14 bits per heavy atom. The molecule has 4 rings (SSSR count). The fraction of sp³-hybridized carbons (Fsp3) is 0.889. The molecule has 28 heavy (non-hydrogen) atoms. The standard InChI is InChI=1S/C18H29N6.Ni.3H2O/c1-4-10-19-13(7-1)16-22-17(14-8-2-5-11-20-14)24-18(23-16)15-9-3-6-12-21-15;;;;/h13-16,20H,1-12H2;;3*1H2/q-3;+2;;;/p+3. The fourth-order valence-corrected chi connectivity index (χ4v) is 4.10. The van der Waals surface area contributed by atoms with Crippen molar-refractivity contribution in [3.63, 3.8) is 0 Å². The van der Waals surface area contributed by atoms with Crippen molar-refractivity contribution in [2.45, 2.75) is 82.1 Å². The van der Waals surface area contributed by atoms with Gasteiger partial charge in [-0.25, -0.2) is 0 Å². The van der Waals surface area contributed by atoms with E-state index in [0.29, 0.717) is 6.04 Å². The normalized spacial score (nSPS) is 32.6. The zero-order valence-electron chi connectivity index (χ0n) is 16.6. The van der Waals surface area contributed by atoms with E-state index in [1.54, 1.807) is 0 Å². The molecular weight excluding hydrogens is 407 g/mol.